The van der Waals surface area contributed by atoms with Crippen LogP contribution >= 0.6 is 0 Å². The monoisotopic (exact) mass is 529 g/mol. The van der Waals surface area contributed by atoms with E-state index in [1.165, 1.54) is 4.31 Å². The molecule has 5 rings (SSSR count). The zero-order valence-electron chi connectivity index (χ0n) is 22.0. The van der Waals surface area contributed by atoms with Crippen LogP contribution in [0.3, 0.4) is 0 Å². The summed E-state index contributed by atoms with van der Waals surface area (Å²) in [5, 5.41) is 1.00. The highest BCUT2D eigenvalue weighted by molar-refractivity contribution is 7.89. The molecule has 3 aromatic carbocycles. The average molecular weight is 530 g/mol. The first-order valence-corrected chi connectivity index (χ1v) is 14.1. The van der Waals surface area contributed by atoms with E-state index in [2.05, 4.69) is 4.98 Å². The van der Waals surface area contributed by atoms with Crippen LogP contribution in [0.25, 0.3) is 10.9 Å². The van der Waals surface area contributed by atoms with Crippen LogP contribution in [0.1, 0.15) is 34.2 Å². The number of aromatic amines is 1. The molecule has 1 aromatic heterocycles. The van der Waals surface area contributed by atoms with E-state index in [1.54, 1.807) is 44.2 Å². The Kier molecular flexibility index (Phi) is 6.71. The molecule has 1 atom stereocenters. The highest BCUT2D eigenvalue weighted by Gasteiger charge is 2.47. The number of imide groups is 1. The van der Waals surface area contributed by atoms with Crippen LogP contribution in [0.2, 0.25) is 0 Å². The Labute approximate surface area is 223 Å². The fourth-order valence-corrected chi connectivity index (χ4v) is 7.55. The molecule has 1 N–H and O–H groups in total. The van der Waals surface area contributed by atoms with Crippen LogP contribution in [-0.2, 0) is 26.0 Å². The number of hydrogen-bond donors (Lipinski definition) is 1. The Morgan fingerprint density at radius 3 is 2.24 bits per heavy atom. The first-order chi connectivity index (χ1) is 18.1. The van der Waals surface area contributed by atoms with Crippen molar-refractivity contribution in [3.63, 3.8) is 0 Å². The lowest BCUT2D eigenvalue weighted by molar-refractivity contribution is -0.122. The molecule has 1 aliphatic heterocycles. The van der Waals surface area contributed by atoms with E-state index >= 15 is 0 Å². The smallest absolute Gasteiger partial charge is 0.252 e. The molecule has 1 aliphatic rings. The minimum Gasteiger partial charge on any atom is -0.361 e. The van der Waals surface area contributed by atoms with Gasteiger partial charge >= 0.3 is 0 Å². The van der Waals surface area contributed by atoms with Gasteiger partial charge in [0.1, 0.15) is 6.04 Å². The molecule has 0 spiro atoms. The van der Waals surface area contributed by atoms with E-state index in [1.807, 2.05) is 50.4 Å². The molecule has 0 aliphatic carbocycles. The maximum atomic E-state index is 14.4. The second kappa shape index (κ2) is 9.85. The van der Waals surface area contributed by atoms with Gasteiger partial charge in [-0.25, -0.2) is 13.3 Å². The summed E-state index contributed by atoms with van der Waals surface area (Å²) < 4.78 is 30.1. The number of anilines is 1. The molecule has 7 nitrogen and oxygen atoms in total. The number of carbonyl (C=O) groups is 2. The number of carbonyl (C=O) groups excluding carboxylic acids is 2. The van der Waals surface area contributed by atoms with Gasteiger partial charge in [-0.3, -0.25) is 9.59 Å². The van der Waals surface area contributed by atoms with Gasteiger partial charge in [0.05, 0.1) is 17.0 Å². The molecule has 4 aromatic rings. The van der Waals surface area contributed by atoms with E-state index in [0.717, 1.165) is 32.5 Å². The van der Waals surface area contributed by atoms with Crippen LogP contribution in [0.5, 0.6) is 0 Å². The third kappa shape index (κ3) is 4.33. The summed E-state index contributed by atoms with van der Waals surface area (Å²) in [6.07, 6.45) is 2.06. The van der Waals surface area contributed by atoms with Crippen LogP contribution in [0, 0.1) is 27.7 Å². The Morgan fingerprint density at radius 2 is 1.55 bits per heavy atom. The summed E-state index contributed by atoms with van der Waals surface area (Å²) in [5.41, 5.74) is 5.39. The highest BCUT2D eigenvalue weighted by atomic mass is 32.2. The van der Waals surface area contributed by atoms with Gasteiger partial charge in [-0.05, 0) is 80.1 Å². The molecule has 196 valence electrons. The Bertz CT molecular complexity index is 1630. The summed E-state index contributed by atoms with van der Waals surface area (Å²) in [6, 6.07) is 17.3. The van der Waals surface area contributed by atoms with Gasteiger partial charge in [-0.2, -0.15) is 4.31 Å². The van der Waals surface area contributed by atoms with Crippen molar-refractivity contribution in [1.29, 1.82) is 0 Å². The molecule has 0 saturated carbocycles. The average Bonchev–Trinajstić information content (AvgIpc) is 3.43. The summed E-state index contributed by atoms with van der Waals surface area (Å²) in [4.78, 5) is 31.4. The number of aromatic nitrogens is 1. The van der Waals surface area contributed by atoms with Crippen molar-refractivity contribution in [1.82, 2.24) is 9.29 Å². The lowest BCUT2D eigenvalue weighted by Crippen LogP contribution is -2.46. The van der Waals surface area contributed by atoms with Gasteiger partial charge in [0.2, 0.25) is 15.9 Å². The van der Waals surface area contributed by atoms with Gasteiger partial charge in [0, 0.05) is 23.6 Å². The number of H-pyrrole nitrogens is 1. The number of nitrogens with one attached hydrogen (secondary N) is 1. The van der Waals surface area contributed by atoms with Crippen molar-refractivity contribution < 1.29 is 18.0 Å². The van der Waals surface area contributed by atoms with Crippen LogP contribution in [-0.4, -0.2) is 42.1 Å². The number of sulfonamides is 1. The topological polar surface area (TPSA) is 90.6 Å². The molecular formula is C30H31N3O4S. The molecule has 1 saturated heterocycles. The molecule has 8 heteroatoms. The van der Waals surface area contributed by atoms with Crippen molar-refractivity contribution in [3.05, 3.63) is 94.7 Å². The lowest BCUT2D eigenvalue weighted by atomic mass is 10.0. The van der Waals surface area contributed by atoms with Crippen molar-refractivity contribution >= 4 is 38.4 Å². The standard InChI is InChI=1S/C30H31N3O4S/c1-19-16-20(2)22(4)29(21(19)3)38(36,37)32(15-14-23-18-31-26-13-9-8-12-25(23)26)27-17-28(34)33(30(27)35)24-10-6-5-7-11-24/h5-13,16,18,27,31H,14-15,17H2,1-4H3. The SMILES string of the molecule is Cc1cc(C)c(C)c(S(=O)(=O)N(CCc2c[nH]c3ccccc23)C2CC(=O)N(c3ccccc3)C2=O)c1C. The first kappa shape index (κ1) is 25.9. The fourth-order valence-electron chi connectivity index (χ4n) is 5.39. The van der Waals surface area contributed by atoms with Gasteiger partial charge in [0.25, 0.3) is 5.91 Å². The summed E-state index contributed by atoms with van der Waals surface area (Å²) in [7, 11) is -4.14. The van der Waals surface area contributed by atoms with Gasteiger partial charge in [0.15, 0.2) is 0 Å². The van der Waals surface area contributed by atoms with Crippen molar-refractivity contribution in [2.45, 2.75) is 51.5 Å². The third-order valence-corrected chi connectivity index (χ3v) is 9.81. The number of rotatable bonds is 7. The zero-order chi connectivity index (χ0) is 27.2. The molecule has 38 heavy (non-hydrogen) atoms. The number of benzene rings is 3. The number of fused-ring (bicyclic) bond motifs is 1. The van der Waals surface area contributed by atoms with Crippen molar-refractivity contribution in [3.8, 4) is 0 Å². The van der Waals surface area contributed by atoms with Gasteiger partial charge < -0.3 is 4.98 Å². The molecular weight excluding hydrogens is 498 g/mol. The van der Waals surface area contributed by atoms with E-state index in [-0.39, 0.29) is 17.9 Å². The summed E-state index contributed by atoms with van der Waals surface area (Å²) >= 11 is 0. The second-order valence-corrected chi connectivity index (χ2v) is 11.8. The van der Waals surface area contributed by atoms with E-state index < -0.39 is 27.9 Å². The zero-order valence-corrected chi connectivity index (χ0v) is 22.8. The molecule has 1 unspecified atom stereocenters. The number of hydrogen-bond acceptors (Lipinski definition) is 4. The lowest BCUT2D eigenvalue weighted by Gasteiger charge is -2.29. The van der Waals surface area contributed by atoms with Crippen molar-refractivity contribution in [2.24, 2.45) is 0 Å². The van der Waals surface area contributed by atoms with E-state index in [0.29, 0.717) is 23.2 Å². The maximum absolute atomic E-state index is 14.4. The Hall–Kier alpha value is -3.75. The minimum atomic E-state index is -4.14. The fraction of sp³-hybridized carbons (Fsp3) is 0.267. The highest BCUT2D eigenvalue weighted by Crippen LogP contribution is 2.34. The van der Waals surface area contributed by atoms with E-state index in [9.17, 15) is 18.0 Å². The molecule has 2 heterocycles. The van der Waals surface area contributed by atoms with Crippen molar-refractivity contribution in [2.75, 3.05) is 11.4 Å². The number of amides is 2. The molecule has 1 fully saturated rings. The molecule has 2 amide bonds. The summed E-state index contributed by atoms with van der Waals surface area (Å²) in [5.74, 6) is -0.934. The normalized spacial score (nSPS) is 16.2. The van der Waals surface area contributed by atoms with Gasteiger partial charge in [-0.1, -0.05) is 42.5 Å². The predicted molar refractivity (Wildman–Crippen MR) is 149 cm³/mol. The van der Waals surface area contributed by atoms with Gasteiger partial charge in [-0.15, -0.1) is 0 Å². The third-order valence-electron chi connectivity index (χ3n) is 7.63. The quantitative estimate of drug-likeness (QED) is 0.343. The number of aryl methyl sites for hydroxylation is 2. The first-order valence-electron chi connectivity index (χ1n) is 12.7. The van der Waals surface area contributed by atoms with Crippen LogP contribution in [0.15, 0.2) is 71.8 Å². The number of para-hydroxylation sites is 2. The minimum absolute atomic E-state index is 0.0579. The Balaban J connectivity index is 1.59. The largest absolute Gasteiger partial charge is 0.361 e. The predicted octanol–water partition coefficient (Wildman–Crippen LogP) is 4.97. The second-order valence-electron chi connectivity index (χ2n) is 9.94. The van der Waals surface area contributed by atoms with Crippen LogP contribution in [0.4, 0.5) is 5.69 Å². The van der Waals surface area contributed by atoms with Crippen LogP contribution < -0.4 is 4.90 Å². The Morgan fingerprint density at radius 1 is 0.921 bits per heavy atom. The summed E-state index contributed by atoms with van der Waals surface area (Å²) in [6.45, 7) is 7.42. The molecule has 0 bridgehead atoms. The molecule has 0 radical (unpaired) electrons. The van der Waals surface area contributed by atoms with E-state index in [4.69, 9.17) is 0 Å². The maximum Gasteiger partial charge on any atom is 0.252 e. The number of nitrogens with zero attached hydrogens (tertiary/aromatic N) is 2.